The van der Waals surface area contributed by atoms with E-state index in [9.17, 15) is 14.0 Å². The highest BCUT2D eigenvalue weighted by molar-refractivity contribution is 9.10. The first-order valence-corrected chi connectivity index (χ1v) is 6.03. The Kier molecular flexibility index (Phi) is 4.81. The van der Waals surface area contributed by atoms with Crippen LogP contribution < -0.4 is 5.32 Å². The first kappa shape index (κ1) is 13.8. The molecule has 3 nitrogen and oxygen atoms in total. The summed E-state index contributed by atoms with van der Waals surface area (Å²) >= 11 is 3.11. The second-order valence-corrected chi connectivity index (χ2v) is 4.49. The molecule has 0 fully saturated rings. The smallest absolute Gasteiger partial charge is 0.253 e. The minimum Gasteiger partial charge on any atom is -0.342 e. The van der Waals surface area contributed by atoms with E-state index in [1.54, 1.807) is 13.8 Å². The Bertz CT molecular complexity index is 448. The summed E-state index contributed by atoms with van der Waals surface area (Å²) in [6.07, 6.45) is 0.367. The largest absolute Gasteiger partial charge is 0.342 e. The number of carbonyl (C=O) groups is 2. The Morgan fingerprint density at radius 2 is 2.12 bits per heavy atom. The molecule has 0 aliphatic rings. The first-order valence-electron chi connectivity index (χ1n) is 5.24. The highest BCUT2D eigenvalue weighted by Gasteiger charge is 2.16. The molecule has 1 aromatic rings. The zero-order chi connectivity index (χ0) is 13.0. The fourth-order valence-corrected chi connectivity index (χ4v) is 1.87. The van der Waals surface area contributed by atoms with Crippen LogP contribution in [-0.2, 0) is 4.79 Å². The highest BCUT2D eigenvalue weighted by atomic mass is 79.9. The van der Waals surface area contributed by atoms with Gasteiger partial charge in [-0.15, -0.1) is 0 Å². The molecule has 0 spiro atoms. The van der Waals surface area contributed by atoms with Crippen LogP contribution in [0.5, 0.6) is 0 Å². The molecule has 0 heterocycles. The van der Waals surface area contributed by atoms with Gasteiger partial charge in [0.25, 0.3) is 5.91 Å². The molecule has 0 aromatic heterocycles. The van der Waals surface area contributed by atoms with Gasteiger partial charge in [0.1, 0.15) is 5.82 Å². The Labute approximate surface area is 108 Å². The summed E-state index contributed by atoms with van der Waals surface area (Å²) < 4.78 is 13.2. The van der Waals surface area contributed by atoms with Gasteiger partial charge < -0.3 is 5.32 Å². The number of rotatable bonds is 4. The molecule has 1 N–H and O–H groups in total. The van der Waals surface area contributed by atoms with Crippen LogP contribution in [0.1, 0.15) is 30.6 Å². The molecule has 1 rings (SSSR count). The third kappa shape index (κ3) is 3.63. The normalized spacial score (nSPS) is 12.0. The zero-order valence-electron chi connectivity index (χ0n) is 9.59. The van der Waals surface area contributed by atoms with E-state index in [2.05, 4.69) is 21.2 Å². The molecule has 17 heavy (non-hydrogen) atoms. The number of benzene rings is 1. The fourth-order valence-electron chi connectivity index (χ4n) is 1.33. The lowest BCUT2D eigenvalue weighted by Gasteiger charge is -2.12. The average Bonchev–Trinajstić information content (AvgIpc) is 2.27. The third-order valence-electron chi connectivity index (χ3n) is 2.35. The predicted octanol–water partition coefficient (Wildman–Crippen LogP) is 2.69. The summed E-state index contributed by atoms with van der Waals surface area (Å²) in [4.78, 5) is 23.1. The maximum atomic E-state index is 12.8. The van der Waals surface area contributed by atoms with Gasteiger partial charge in [-0.2, -0.15) is 0 Å². The van der Waals surface area contributed by atoms with Crippen LogP contribution in [0.2, 0.25) is 0 Å². The molecule has 0 aliphatic heterocycles. The van der Waals surface area contributed by atoms with Crippen molar-refractivity contribution in [2.75, 3.05) is 0 Å². The zero-order valence-corrected chi connectivity index (χ0v) is 11.2. The van der Waals surface area contributed by atoms with E-state index in [0.29, 0.717) is 16.5 Å². The van der Waals surface area contributed by atoms with Crippen molar-refractivity contribution in [2.45, 2.75) is 26.3 Å². The number of amides is 1. The molecule has 1 atom stereocenters. The summed E-state index contributed by atoms with van der Waals surface area (Å²) in [6, 6.07) is 3.25. The lowest BCUT2D eigenvalue weighted by atomic mass is 10.1. The summed E-state index contributed by atoms with van der Waals surface area (Å²) in [5, 5.41) is 2.57. The van der Waals surface area contributed by atoms with E-state index in [1.807, 2.05) is 0 Å². The van der Waals surface area contributed by atoms with Crippen molar-refractivity contribution in [2.24, 2.45) is 0 Å². The summed E-state index contributed by atoms with van der Waals surface area (Å²) in [5.41, 5.74) is 0.308. The molecule has 5 heteroatoms. The maximum Gasteiger partial charge on any atom is 0.253 e. The van der Waals surface area contributed by atoms with E-state index in [-0.39, 0.29) is 5.78 Å². The van der Waals surface area contributed by atoms with Gasteiger partial charge in [0.05, 0.1) is 11.6 Å². The van der Waals surface area contributed by atoms with Gasteiger partial charge in [-0.25, -0.2) is 4.39 Å². The summed E-state index contributed by atoms with van der Waals surface area (Å²) in [6.45, 7) is 3.36. The van der Waals surface area contributed by atoms with E-state index in [0.717, 1.165) is 0 Å². The monoisotopic (exact) mass is 301 g/mol. The van der Waals surface area contributed by atoms with E-state index >= 15 is 0 Å². The SMILES string of the molecule is CCC(=O)C(C)NC(=O)c1ccc(F)cc1Br. The quantitative estimate of drug-likeness (QED) is 0.929. The molecule has 0 saturated heterocycles. The van der Waals surface area contributed by atoms with Gasteiger partial charge in [0.2, 0.25) is 0 Å². The molecular formula is C12H13BrFNO2. The van der Waals surface area contributed by atoms with Crippen molar-refractivity contribution in [1.82, 2.24) is 5.32 Å². The van der Waals surface area contributed by atoms with Gasteiger partial charge in [0.15, 0.2) is 5.78 Å². The van der Waals surface area contributed by atoms with Gasteiger partial charge in [0, 0.05) is 10.9 Å². The Morgan fingerprint density at radius 3 is 2.65 bits per heavy atom. The molecule has 0 aliphatic carbocycles. The van der Waals surface area contributed by atoms with E-state index in [4.69, 9.17) is 0 Å². The second-order valence-electron chi connectivity index (χ2n) is 3.64. The lowest BCUT2D eigenvalue weighted by molar-refractivity contribution is -0.120. The standard InChI is InChI=1S/C12H13BrFNO2/c1-3-11(16)7(2)15-12(17)9-5-4-8(14)6-10(9)13/h4-7H,3H2,1-2H3,(H,15,17). The number of carbonyl (C=O) groups excluding carboxylic acids is 2. The maximum absolute atomic E-state index is 12.8. The number of Topliss-reactive ketones (excluding diaryl/α,β-unsaturated/α-hetero) is 1. The van der Waals surface area contributed by atoms with Crippen molar-refractivity contribution in [3.8, 4) is 0 Å². The molecule has 92 valence electrons. The summed E-state index contributed by atoms with van der Waals surface area (Å²) in [5.74, 6) is -0.867. The Hall–Kier alpha value is -1.23. The van der Waals surface area contributed by atoms with Crippen molar-refractivity contribution < 1.29 is 14.0 Å². The average molecular weight is 302 g/mol. The van der Waals surface area contributed by atoms with Crippen molar-refractivity contribution in [1.29, 1.82) is 0 Å². The van der Waals surface area contributed by atoms with Crippen molar-refractivity contribution in [3.63, 3.8) is 0 Å². The van der Waals surface area contributed by atoms with E-state index in [1.165, 1.54) is 18.2 Å². The molecular weight excluding hydrogens is 289 g/mol. The third-order valence-corrected chi connectivity index (χ3v) is 3.01. The van der Waals surface area contributed by atoms with Crippen LogP contribution >= 0.6 is 15.9 Å². The summed E-state index contributed by atoms with van der Waals surface area (Å²) in [7, 11) is 0. The van der Waals surface area contributed by atoms with Gasteiger partial charge in [-0.05, 0) is 41.1 Å². The Morgan fingerprint density at radius 1 is 1.47 bits per heavy atom. The number of nitrogens with one attached hydrogen (secondary N) is 1. The molecule has 0 bridgehead atoms. The first-order chi connectivity index (χ1) is 7.95. The number of hydrogen-bond acceptors (Lipinski definition) is 2. The highest BCUT2D eigenvalue weighted by Crippen LogP contribution is 2.18. The molecule has 1 aromatic carbocycles. The minimum absolute atomic E-state index is 0.0448. The van der Waals surface area contributed by atoms with Crippen molar-refractivity contribution >= 4 is 27.6 Å². The molecule has 0 radical (unpaired) electrons. The van der Waals surface area contributed by atoms with Crippen LogP contribution in [0.15, 0.2) is 22.7 Å². The fraction of sp³-hybridized carbons (Fsp3) is 0.333. The van der Waals surface area contributed by atoms with E-state index < -0.39 is 17.8 Å². The molecule has 1 unspecified atom stereocenters. The van der Waals surface area contributed by atoms with Crippen LogP contribution in [0, 0.1) is 5.82 Å². The Balaban J connectivity index is 2.80. The lowest BCUT2D eigenvalue weighted by Crippen LogP contribution is -2.38. The van der Waals surface area contributed by atoms with Gasteiger partial charge in [-0.3, -0.25) is 9.59 Å². The predicted molar refractivity (Wildman–Crippen MR) is 66.3 cm³/mol. The van der Waals surface area contributed by atoms with Crippen molar-refractivity contribution in [3.05, 3.63) is 34.1 Å². The van der Waals surface area contributed by atoms with Crippen LogP contribution in [0.3, 0.4) is 0 Å². The van der Waals surface area contributed by atoms with Gasteiger partial charge >= 0.3 is 0 Å². The number of ketones is 1. The van der Waals surface area contributed by atoms with Crippen LogP contribution in [0.25, 0.3) is 0 Å². The number of hydrogen-bond donors (Lipinski definition) is 1. The molecule has 1 amide bonds. The van der Waals surface area contributed by atoms with Gasteiger partial charge in [-0.1, -0.05) is 6.92 Å². The van der Waals surface area contributed by atoms with Crippen LogP contribution in [0.4, 0.5) is 4.39 Å². The topological polar surface area (TPSA) is 46.2 Å². The number of halogens is 2. The van der Waals surface area contributed by atoms with Crippen LogP contribution in [-0.4, -0.2) is 17.7 Å². The second kappa shape index (κ2) is 5.91. The molecule has 0 saturated carbocycles. The minimum atomic E-state index is -0.538.